The first-order valence-electron chi connectivity index (χ1n) is 6.61. The molecule has 2 rings (SSSR count). The fraction of sp³-hybridized carbons (Fsp3) is 0.250. The highest BCUT2D eigenvalue weighted by atomic mass is 79.9. The number of aryl methyl sites for hydroxylation is 2. The topological polar surface area (TPSA) is 0 Å². The second kappa shape index (κ2) is 13.0. The Morgan fingerprint density at radius 2 is 0.950 bits per heavy atom. The summed E-state index contributed by atoms with van der Waals surface area (Å²) in [5.41, 5.74) is 2.88. The average Bonchev–Trinajstić information content (AvgIpc) is 2.53. The number of hydrogen-bond acceptors (Lipinski definition) is 0. The van der Waals surface area contributed by atoms with Gasteiger partial charge in [0.1, 0.15) is 0 Å². The van der Waals surface area contributed by atoms with E-state index < -0.39 is 0 Å². The van der Waals surface area contributed by atoms with Crippen molar-refractivity contribution in [3.05, 3.63) is 71.8 Å². The second-order valence-electron chi connectivity index (χ2n) is 4.24. The van der Waals surface area contributed by atoms with Crippen LogP contribution >= 0.6 is 45.5 Å². The normalized spacial score (nSPS) is 10.9. The van der Waals surface area contributed by atoms with Gasteiger partial charge >= 0.3 is 0 Å². The lowest BCUT2D eigenvalue weighted by molar-refractivity contribution is 1.16. The molecule has 20 heavy (non-hydrogen) atoms. The maximum absolute atomic E-state index is 3.43. The molecule has 0 aliphatic carbocycles. The molecular weight excluding hydrogens is 414 g/mol. The molecule has 0 aliphatic rings. The Morgan fingerprint density at radius 3 is 1.25 bits per heavy atom. The molecule has 0 fully saturated rings. The summed E-state index contributed by atoms with van der Waals surface area (Å²) in [7, 11) is 1.79. The van der Waals surface area contributed by atoms with E-state index in [1.54, 1.807) is 0 Å². The smallest absolute Gasteiger partial charge is 0.0214 e. The first-order valence-corrected chi connectivity index (χ1v) is 13.5. The molecule has 2 atom stereocenters. The van der Waals surface area contributed by atoms with Crippen LogP contribution < -0.4 is 0 Å². The molecule has 0 heterocycles. The Morgan fingerprint density at radius 1 is 0.600 bits per heavy atom. The van der Waals surface area contributed by atoms with Crippen molar-refractivity contribution < 1.29 is 0 Å². The van der Waals surface area contributed by atoms with Crippen LogP contribution in [0.25, 0.3) is 0 Å². The van der Waals surface area contributed by atoms with Gasteiger partial charge in [-0.05, 0) is 50.9 Å². The van der Waals surface area contributed by atoms with Crippen LogP contribution in [0.15, 0.2) is 60.7 Å². The van der Waals surface area contributed by atoms with Gasteiger partial charge in [-0.2, -0.15) is 0 Å². The molecule has 4 heteroatoms. The van der Waals surface area contributed by atoms with E-state index >= 15 is 0 Å². The molecule has 0 N–H and O–H groups in total. The molecule has 2 aromatic rings. The van der Waals surface area contributed by atoms with Gasteiger partial charge in [0.15, 0.2) is 0 Å². The largest absolute Gasteiger partial charge is 0.0642 e. The van der Waals surface area contributed by atoms with E-state index in [-0.39, 0.29) is 0 Å². The van der Waals surface area contributed by atoms with Crippen molar-refractivity contribution in [3.8, 4) is 0 Å². The molecule has 0 aliphatic heterocycles. The Labute approximate surface area is 142 Å². The molecule has 2 unspecified atom stereocenters. The van der Waals surface area contributed by atoms with Crippen molar-refractivity contribution in [2.75, 3.05) is 12.3 Å². The zero-order valence-corrected chi connectivity index (χ0v) is 16.5. The minimum Gasteiger partial charge on any atom is -0.0642 e. The lowest BCUT2D eigenvalue weighted by atomic mass is 10.2. The summed E-state index contributed by atoms with van der Waals surface area (Å²) in [5.74, 6) is 0. The van der Waals surface area contributed by atoms with Crippen molar-refractivity contribution >= 4 is 45.5 Å². The maximum atomic E-state index is 3.43. The van der Waals surface area contributed by atoms with Gasteiger partial charge in [0.25, 0.3) is 0 Å². The Kier molecular flexibility index (Phi) is 11.9. The number of halogens is 2. The van der Waals surface area contributed by atoms with Crippen LogP contribution in [0.1, 0.15) is 11.1 Å². The van der Waals surface area contributed by atoms with Crippen molar-refractivity contribution in [2.45, 2.75) is 12.8 Å². The molecule has 0 amide bonds. The van der Waals surface area contributed by atoms with Gasteiger partial charge in [-0.15, -0.1) is 0 Å². The average molecular weight is 434 g/mol. The summed E-state index contributed by atoms with van der Waals surface area (Å²) in [4.78, 5) is 0. The number of benzene rings is 2. The molecule has 2 aromatic carbocycles. The molecule has 108 valence electrons. The predicted molar refractivity (Wildman–Crippen MR) is 105 cm³/mol. The standard InChI is InChI=1S/2C8H10BrP/c2*9-10-7-6-8-4-2-1-3-5-8/h2*1-5,10H,6-7H2. The van der Waals surface area contributed by atoms with Crippen LogP contribution in [0.4, 0.5) is 0 Å². The first kappa shape index (κ1) is 18.3. The minimum absolute atomic E-state index is 0.896. The van der Waals surface area contributed by atoms with E-state index in [1.165, 1.54) is 36.3 Å². The van der Waals surface area contributed by atoms with E-state index in [0.29, 0.717) is 0 Å². The lowest BCUT2D eigenvalue weighted by Gasteiger charge is -1.95. The van der Waals surface area contributed by atoms with Gasteiger partial charge in [0.05, 0.1) is 0 Å². The van der Waals surface area contributed by atoms with E-state index in [0.717, 1.165) is 14.6 Å². The Hall–Kier alpha value is 0.260. The summed E-state index contributed by atoms with van der Waals surface area (Å²) in [5, 5.41) is 0. The highest BCUT2D eigenvalue weighted by molar-refractivity contribution is 9.37. The third kappa shape index (κ3) is 9.24. The molecule has 0 saturated carbocycles. The minimum atomic E-state index is 0.896. The van der Waals surface area contributed by atoms with Crippen molar-refractivity contribution in [1.82, 2.24) is 0 Å². The van der Waals surface area contributed by atoms with Crippen LogP contribution in [-0.4, -0.2) is 12.3 Å². The first-order chi connectivity index (χ1) is 9.86. The molecule has 0 bridgehead atoms. The van der Waals surface area contributed by atoms with Gasteiger partial charge in [-0.1, -0.05) is 91.6 Å². The van der Waals surface area contributed by atoms with Gasteiger partial charge in [-0.25, -0.2) is 0 Å². The monoisotopic (exact) mass is 432 g/mol. The zero-order valence-electron chi connectivity index (χ0n) is 11.4. The summed E-state index contributed by atoms with van der Waals surface area (Å²) in [6, 6.07) is 21.2. The summed E-state index contributed by atoms with van der Waals surface area (Å²) >= 11 is 6.87. The maximum Gasteiger partial charge on any atom is -0.0214 e. The Balaban J connectivity index is 0.000000200. The SMILES string of the molecule is BrPCCc1ccccc1.BrPCCc1ccccc1. The molecule has 0 aromatic heterocycles. The molecule has 0 radical (unpaired) electrons. The van der Waals surface area contributed by atoms with Crippen LogP contribution in [0.5, 0.6) is 0 Å². The van der Waals surface area contributed by atoms with E-state index in [9.17, 15) is 0 Å². The van der Waals surface area contributed by atoms with Crippen LogP contribution in [0.2, 0.25) is 0 Å². The fourth-order valence-corrected chi connectivity index (χ4v) is 3.63. The fourth-order valence-electron chi connectivity index (χ4n) is 1.67. The third-order valence-electron chi connectivity index (χ3n) is 2.70. The molecule has 0 saturated heterocycles. The van der Waals surface area contributed by atoms with Crippen LogP contribution in [0.3, 0.4) is 0 Å². The summed E-state index contributed by atoms with van der Waals surface area (Å²) in [6.07, 6.45) is 4.91. The van der Waals surface area contributed by atoms with E-state index in [2.05, 4.69) is 91.6 Å². The van der Waals surface area contributed by atoms with Crippen molar-refractivity contribution in [1.29, 1.82) is 0 Å². The third-order valence-corrected chi connectivity index (χ3v) is 5.96. The molecule has 0 spiro atoms. The van der Waals surface area contributed by atoms with E-state index in [4.69, 9.17) is 0 Å². The number of rotatable bonds is 6. The van der Waals surface area contributed by atoms with Gasteiger partial charge in [0.2, 0.25) is 0 Å². The highest BCUT2D eigenvalue weighted by Gasteiger charge is 1.88. The predicted octanol–water partition coefficient (Wildman–Crippen LogP) is 6.44. The highest BCUT2D eigenvalue weighted by Crippen LogP contribution is 2.20. The van der Waals surface area contributed by atoms with Gasteiger partial charge < -0.3 is 0 Å². The van der Waals surface area contributed by atoms with Crippen LogP contribution in [0, 0.1) is 0 Å². The van der Waals surface area contributed by atoms with Gasteiger partial charge in [0, 0.05) is 0 Å². The van der Waals surface area contributed by atoms with Crippen molar-refractivity contribution in [2.24, 2.45) is 0 Å². The number of hydrogen-bond donors (Lipinski definition) is 0. The van der Waals surface area contributed by atoms with Crippen molar-refractivity contribution in [3.63, 3.8) is 0 Å². The quantitative estimate of drug-likeness (QED) is 0.460. The zero-order chi connectivity index (χ0) is 14.5. The van der Waals surface area contributed by atoms with E-state index in [1.807, 2.05) is 0 Å². The second-order valence-corrected chi connectivity index (χ2v) is 9.14. The lowest BCUT2D eigenvalue weighted by Crippen LogP contribution is -1.83. The summed E-state index contributed by atoms with van der Waals surface area (Å²) < 4.78 is 0. The Bertz CT molecular complexity index is 391. The summed E-state index contributed by atoms with van der Waals surface area (Å²) in [6.45, 7) is 0. The van der Waals surface area contributed by atoms with Crippen LogP contribution in [-0.2, 0) is 12.8 Å². The molecule has 0 nitrogen and oxygen atoms in total. The molecular formula is C16H20Br2P2. The van der Waals surface area contributed by atoms with Gasteiger partial charge in [-0.3, -0.25) is 0 Å².